The number of nitrogens with one attached hydrogen (secondary N) is 1. The topological polar surface area (TPSA) is 12.0 Å². The lowest BCUT2D eigenvalue weighted by atomic mass is 9.99. The molecule has 82 valence electrons. The number of terminal acetylenes is 1. The van der Waals surface area contributed by atoms with E-state index in [-0.39, 0.29) is 0 Å². The summed E-state index contributed by atoms with van der Waals surface area (Å²) < 4.78 is 0. The second-order valence-corrected chi connectivity index (χ2v) is 4.32. The molecular weight excluding hydrogens is 170 g/mol. The van der Waals surface area contributed by atoms with Gasteiger partial charge in [0.1, 0.15) is 0 Å². The van der Waals surface area contributed by atoms with E-state index in [4.69, 9.17) is 6.42 Å². The van der Waals surface area contributed by atoms with Gasteiger partial charge in [0, 0.05) is 12.5 Å². The molecule has 14 heavy (non-hydrogen) atoms. The minimum absolute atomic E-state index is 0.677. The maximum Gasteiger partial charge on any atom is 0.00866 e. The Morgan fingerprint density at radius 3 is 2.43 bits per heavy atom. The van der Waals surface area contributed by atoms with E-state index in [1.54, 1.807) is 0 Å². The summed E-state index contributed by atoms with van der Waals surface area (Å²) in [6, 6.07) is 0.677. The molecule has 0 aliphatic carbocycles. The molecule has 0 radical (unpaired) electrons. The molecule has 0 saturated heterocycles. The Labute approximate surface area is 89.7 Å². The summed E-state index contributed by atoms with van der Waals surface area (Å²) in [6.45, 7) is 7.80. The van der Waals surface area contributed by atoms with E-state index in [1.807, 2.05) is 0 Å². The van der Waals surface area contributed by atoms with Gasteiger partial charge in [0.2, 0.25) is 0 Å². The van der Waals surface area contributed by atoms with E-state index >= 15 is 0 Å². The predicted octanol–water partition coefficient (Wildman–Crippen LogP) is 3.20. The molecule has 0 aromatic heterocycles. The van der Waals surface area contributed by atoms with E-state index in [9.17, 15) is 0 Å². The highest BCUT2D eigenvalue weighted by Gasteiger charge is 2.07. The number of hydrogen-bond donors (Lipinski definition) is 1. The van der Waals surface area contributed by atoms with Crippen molar-refractivity contribution >= 4 is 0 Å². The monoisotopic (exact) mass is 195 g/mol. The second kappa shape index (κ2) is 9.09. The van der Waals surface area contributed by atoms with E-state index in [1.165, 1.54) is 19.3 Å². The zero-order chi connectivity index (χ0) is 10.8. The third-order valence-corrected chi connectivity index (χ3v) is 2.46. The van der Waals surface area contributed by atoms with E-state index in [2.05, 4.69) is 32.0 Å². The molecule has 0 saturated carbocycles. The minimum Gasteiger partial charge on any atom is -0.314 e. The quantitative estimate of drug-likeness (QED) is 0.463. The Kier molecular flexibility index (Phi) is 8.78. The van der Waals surface area contributed by atoms with Gasteiger partial charge >= 0.3 is 0 Å². The van der Waals surface area contributed by atoms with Crippen LogP contribution in [0.2, 0.25) is 0 Å². The standard InChI is InChI=1S/C13H25N/c1-5-7-8-9-13(14-6-2)11-10-12(3)4/h1,12-14H,6-11H2,2-4H3. The third-order valence-electron chi connectivity index (χ3n) is 2.46. The molecule has 1 unspecified atom stereocenters. The Morgan fingerprint density at radius 2 is 1.93 bits per heavy atom. The molecular formula is C13H25N. The molecule has 0 heterocycles. The average Bonchev–Trinajstić information content (AvgIpc) is 2.14. The van der Waals surface area contributed by atoms with Crippen molar-refractivity contribution in [3.05, 3.63) is 0 Å². The Bertz CT molecular complexity index is 155. The fourth-order valence-corrected chi connectivity index (χ4v) is 1.62. The lowest BCUT2D eigenvalue weighted by Gasteiger charge is -2.18. The van der Waals surface area contributed by atoms with Gasteiger partial charge in [0.25, 0.3) is 0 Å². The summed E-state index contributed by atoms with van der Waals surface area (Å²) in [4.78, 5) is 0. The van der Waals surface area contributed by atoms with Crippen LogP contribution in [0, 0.1) is 18.3 Å². The highest BCUT2D eigenvalue weighted by atomic mass is 14.9. The molecule has 0 aromatic carbocycles. The van der Waals surface area contributed by atoms with Crippen molar-refractivity contribution in [3.63, 3.8) is 0 Å². The summed E-state index contributed by atoms with van der Waals surface area (Å²) in [5.41, 5.74) is 0. The number of rotatable bonds is 8. The van der Waals surface area contributed by atoms with Crippen LogP contribution in [-0.2, 0) is 0 Å². The van der Waals surface area contributed by atoms with Crippen molar-refractivity contribution in [3.8, 4) is 12.3 Å². The molecule has 0 fully saturated rings. The van der Waals surface area contributed by atoms with Crippen LogP contribution in [0.25, 0.3) is 0 Å². The van der Waals surface area contributed by atoms with Gasteiger partial charge < -0.3 is 5.32 Å². The summed E-state index contributed by atoms with van der Waals surface area (Å²) >= 11 is 0. The van der Waals surface area contributed by atoms with Gasteiger partial charge in [0.05, 0.1) is 0 Å². The molecule has 0 bridgehead atoms. The van der Waals surface area contributed by atoms with Crippen LogP contribution in [0.1, 0.15) is 52.9 Å². The van der Waals surface area contributed by atoms with Crippen LogP contribution in [-0.4, -0.2) is 12.6 Å². The van der Waals surface area contributed by atoms with Gasteiger partial charge in [-0.3, -0.25) is 0 Å². The molecule has 1 nitrogen and oxygen atoms in total. The molecule has 1 heteroatoms. The maximum atomic E-state index is 5.24. The average molecular weight is 195 g/mol. The SMILES string of the molecule is C#CCCCC(CCC(C)C)NCC. The fraction of sp³-hybridized carbons (Fsp3) is 0.846. The van der Waals surface area contributed by atoms with Crippen LogP contribution in [0.5, 0.6) is 0 Å². The maximum absolute atomic E-state index is 5.24. The van der Waals surface area contributed by atoms with E-state index in [0.29, 0.717) is 6.04 Å². The number of hydrogen-bond acceptors (Lipinski definition) is 1. The van der Waals surface area contributed by atoms with Crippen LogP contribution in [0.3, 0.4) is 0 Å². The molecule has 1 atom stereocenters. The van der Waals surface area contributed by atoms with Crippen molar-refractivity contribution in [2.45, 2.75) is 58.9 Å². The molecule has 0 rings (SSSR count). The van der Waals surface area contributed by atoms with Crippen molar-refractivity contribution in [1.29, 1.82) is 0 Å². The zero-order valence-electron chi connectivity index (χ0n) is 9.97. The molecule has 0 aromatic rings. The van der Waals surface area contributed by atoms with Crippen LogP contribution in [0.4, 0.5) is 0 Å². The smallest absolute Gasteiger partial charge is 0.00866 e. The third kappa shape index (κ3) is 8.13. The summed E-state index contributed by atoms with van der Waals surface area (Å²) in [7, 11) is 0. The summed E-state index contributed by atoms with van der Waals surface area (Å²) in [5, 5.41) is 3.53. The number of unbranched alkanes of at least 4 members (excludes halogenated alkanes) is 1. The predicted molar refractivity (Wildman–Crippen MR) is 64.2 cm³/mol. The van der Waals surface area contributed by atoms with Gasteiger partial charge in [-0.1, -0.05) is 20.8 Å². The Hall–Kier alpha value is -0.480. The van der Waals surface area contributed by atoms with Crippen molar-refractivity contribution in [2.75, 3.05) is 6.54 Å². The van der Waals surface area contributed by atoms with Crippen molar-refractivity contribution in [2.24, 2.45) is 5.92 Å². The first-order valence-corrected chi connectivity index (χ1v) is 5.87. The molecule has 0 aliphatic rings. The van der Waals surface area contributed by atoms with Gasteiger partial charge in [-0.25, -0.2) is 0 Å². The molecule has 0 spiro atoms. The first-order chi connectivity index (χ1) is 6.70. The van der Waals surface area contributed by atoms with E-state index in [0.717, 1.165) is 25.3 Å². The zero-order valence-corrected chi connectivity index (χ0v) is 9.97. The van der Waals surface area contributed by atoms with Crippen LogP contribution >= 0.6 is 0 Å². The van der Waals surface area contributed by atoms with Gasteiger partial charge in [-0.15, -0.1) is 12.3 Å². The largest absolute Gasteiger partial charge is 0.314 e. The summed E-state index contributed by atoms with van der Waals surface area (Å²) in [6.07, 6.45) is 11.1. The summed E-state index contributed by atoms with van der Waals surface area (Å²) in [5.74, 6) is 3.51. The molecule has 0 amide bonds. The highest BCUT2D eigenvalue weighted by molar-refractivity contribution is 4.83. The fourth-order valence-electron chi connectivity index (χ4n) is 1.62. The highest BCUT2D eigenvalue weighted by Crippen LogP contribution is 2.11. The lowest BCUT2D eigenvalue weighted by Crippen LogP contribution is -2.29. The Balaban J connectivity index is 3.61. The van der Waals surface area contributed by atoms with Crippen LogP contribution in [0.15, 0.2) is 0 Å². The normalized spacial score (nSPS) is 12.8. The molecule has 1 N–H and O–H groups in total. The first kappa shape index (κ1) is 13.5. The van der Waals surface area contributed by atoms with Gasteiger partial charge in [-0.05, 0) is 38.1 Å². The lowest BCUT2D eigenvalue weighted by molar-refractivity contribution is 0.411. The van der Waals surface area contributed by atoms with E-state index < -0.39 is 0 Å². The van der Waals surface area contributed by atoms with Gasteiger partial charge in [-0.2, -0.15) is 0 Å². The van der Waals surface area contributed by atoms with Gasteiger partial charge in [0.15, 0.2) is 0 Å². The van der Waals surface area contributed by atoms with Crippen molar-refractivity contribution in [1.82, 2.24) is 5.32 Å². The second-order valence-electron chi connectivity index (χ2n) is 4.32. The van der Waals surface area contributed by atoms with Crippen molar-refractivity contribution < 1.29 is 0 Å². The first-order valence-electron chi connectivity index (χ1n) is 5.87. The van der Waals surface area contributed by atoms with Crippen LogP contribution < -0.4 is 5.32 Å². The Morgan fingerprint density at radius 1 is 1.21 bits per heavy atom. The minimum atomic E-state index is 0.677. The molecule has 0 aliphatic heterocycles.